The lowest BCUT2D eigenvalue weighted by Crippen LogP contribution is -2.44. The molecule has 0 bridgehead atoms. The third-order valence-corrected chi connectivity index (χ3v) is 7.25. The highest BCUT2D eigenvalue weighted by Gasteiger charge is 2.41. The summed E-state index contributed by atoms with van der Waals surface area (Å²) >= 11 is 2.07. The number of hydrogen-bond donors (Lipinski definition) is 1. The van der Waals surface area contributed by atoms with Crippen LogP contribution in [-0.2, 0) is 0 Å². The molecule has 0 spiro atoms. The fourth-order valence-corrected chi connectivity index (χ4v) is 6.09. The zero-order valence-corrected chi connectivity index (χ0v) is 16.0. The van der Waals surface area contributed by atoms with E-state index in [1.165, 1.54) is 52.3 Å². The Morgan fingerprint density at radius 2 is 2.08 bits per heavy atom. The fraction of sp³-hybridized carbons (Fsp3) is 0.455. The molecule has 130 valence electrons. The topological polar surface area (TPSA) is 15.3 Å². The zero-order valence-electron chi connectivity index (χ0n) is 15.1. The van der Waals surface area contributed by atoms with Crippen molar-refractivity contribution >= 4 is 17.4 Å². The van der Waals surface area contributed by atoms with Crippen LogP contribution in [-0.4, -0.2) is 31.4 Å². The first-order valence-corrected chi connectivity index (χ1v) is 10.6. The van der Waals surface area contributed by atoms with Gasteiger partial charge in [-0.3, -0.25) is 0 Å². The highest BCUT2D eigenvalue weighted by molar-refractivity contribution is 7.99. The van der Waals surface area contributed by atoms with E-state index in [4.69, 9.17) is 0 Å². The molecule has 0 unspecified atom stereocenters. The molecule has 2 atom stereocenters. The van der Waals surface area contributed by atoms with Crippen molar-refractivity contribution in [1.82, 2.24) is 5.32 Å². The van der Waals surface area contributed by atoms with Gasteiger partial charge in [-0.2, -0.15) is 0 Å². The maximum absolute atomic E-state index is 3.64. The average Bonchev–Trinajstić information content (AvgIpc) is 2.77. The van der Waals surface area contributed by atoms with Gasteiger partial charge in [0.15, 0.2) is 0 Å². The summed E-state index contributed by atoms with van der Waals surface area (Å²) in [7, 11) is 0. The maximum Gasteiger partial charge on any atom is 0.0544 e. The lowest BCUT2D eigenvalue weighted by molar-refractivity contribution is 0.403. The molecule has 1 fully saturated rings. The molecule has 1 N–H and O–H groups in total. The minimum atomic E-state index is 0.659. The fourth-order valence-electron chi connectivity index (χ4n) is 5.02. The molecule has 0 amide bonds. The number of anilines is 1. The number of thioether (sulfide) groups is 1. The molecule has 2 nitrogen and oxygen atoms in total. The normalized spacial score (nSPS) is 24.6. The van der Waals surface area contributed by atoms with Gasteiger partial charge in [-0.05, 0) is 73.4 Å². The maximum atomic E-state index is 3.64. The highest BCUT2D eigenvalue weighted by atomic mass is 32.2. The number of rotatable bonds is 1. The number of piperidine rings is 1. The molecule has 3 heteroatoms. The lowest BCUT2D eigenvalue weighted by Gasteiger charge is -2.33. The Balaban J connectivity index is 1.69. The van der Waals surface area contributed by atoms with Gasteiger partial charge in [0, 0.05) is 29.9 Å². The number of hydrogen-bond acceptors (Lipinski definition) is 3. The minimum Gasteiger partial charge on any atom is -0.367 e. The van der Waals surface area contributed by atoms with Gasteiger partial charge in [0.2, 0.25) is 0 Å². The van der Waals surface area contributed by atoms with Crippen molar-refractivity contribution in [2.75, 3.05) is 30.3 Å². The van der Waals surface area contributed by atoms with Gasteiger partial charge >= 0.3 is 0 Å². The van der Waals surface area contributed by atoms with Gasteiger partial charge in [0.25, 0.3) is 0 Å². The van der Waals surface area contributed by atoms with E-state index in [0.717, 1.165) is 13.1 Å². The predicted octanol–water partition coefficient (Wildman–Crippen LogP) is 4.73. The van der Waals surface area contributed by atoms with Crippen LogP contribution in [0.15, 0.2) is 35.2 Å². The minimum absolute atomic E-state index is 0.659. The van der Waals surface area contributed by atoms with Crippen molar-refractivity contribution in [3.05, 3.63) is 47.0 Å². The summed E-state index contributed by atoms with van der Waals surface area (Å²) in [6, 6.07) is 12.5. The van der Waals surface area contributed by atoms with E-state index in [-0.39, 0.29) is 0 Å². The molecular weight excluding hydrogens is 324 g/mol. The third-order valence-electron chi connectivity index (χ3n) is 6.13. The van der Waals surface area contributed by atoms with Crippen LogP contribution < -0.4 is 10.2 Å². The molecule has 2 aromatic rings. The second kappa shape index (κ2) is 6.07. The molecule has 25 heavy (non-hydrogen) atoms. The van der Waals surface area contributed by atoms with Gasteiger partial charge in [-0.1, -0.05) is 23.8 Å². The molecule has 0 aromatic heterocycles. The van der Waals surface area contributed by atoms with Crippen molar-refractivity contribution in [2.45, 2.75) is 43.5 Å². The molecule has 0 radical (unpaired) electrons. The average molecular weight is 351 g/mol. The van der Waals surface area contributed by atoms with Crippen molar-refractivity contribution in [2.24, 2.45) is 0 Å². The molecule has 3 aliphatic heterocycles. The first-order chi connectivity index (χ1) is 12.2. The number of fused-ring (bicyclic) bond motifs is 3. The highest BCUT2D eigenvalue weighted by Crippen LogP contribution is 2.51. The van der Waals surface area contributed by atoms with Gasteiger partial charge in [-0.25, -0.2) is 0 Å². The summed E-state index contributed by atoms with van der Waals surface area (Å²) in [5.74, 6) is 1.90. The van der Waals surface area contributed by atoms with Crippen molar-refractivity contribution in [3.63, 3.8) is 0 Å². The van der Waals surface area contributed by atoms with E-state index in [1.54, 1.807) is 11.3 Å². The third kappa shape index (κ3) is 2.51. The molecule has 1 saturated heterocycles. The van der Waals surface area contributed by atoms with Crippen molar-refractivity contribution in [3.8, 4) is 11.1 Å². The van der Waals surface area contributed by atoms with E-state index in [0.29, 0.717) is 12.0 Å². The predicted molar refractivity (Wildman–Crippen MR) is 108 cm³/mol. The Labute approximate surface area is 155 Å². The number of nitrogens with one attached hydrogen (secondary N) is 1. The van der Waals surface area contributed by atoms with Crippen LogP contribution in [0.1, 0.15) is 35.4 Å². The molecule has 3 heterocycles. The number of benzene rings is 2. The first kappa shape index (κ1) is 15.8. The Morgan fingerprint density at radius 3 is 2.96 bits per heavy atom. The van der Waals surface area contributed by atoms with Crippen LogP contribution in [0.25, 0.3) is 11.1 Å². The molecule has 0 saturated carbocycles. The van der Waals surface area contributed by atoms with E-state index < -0.39 is 0 Å². The molecule has 5 rings (SSSR count). The van der Waals surface area contributed by atoms with Crippen LogP contribution in [0.4, 0.5) is 5.69 Å². The summed E-state index contributed by atoms with van der Waals surface area (Å²) in [4.78, 5) is 4.27. The largest absolute Gasteiger partial charge is 0.367 e. The summed E-state index contributed by atoms with van der Waals surface area (Å²) in [5, 5.41) is 3.64. The van der Waals surface area contributed by atoms with Crippen LogP contribution in [0, 0.1) is 13.8 Å². The molecular formula is C22H26N2S. The summed E-state index contributed by atoms with van der Waals surface area (Å²) in [5.41, 5.74) is 8.70. The molecule has 0 aliphatic carbocycles. The Morgan fingerprint density at radius 1 is 1.16 bits per heavy atom. The first-order valence-electron chi connectivity index (χ1n) is 9.58. The molecule has 2 aromatic carbocycles. The second-order valence-corrected chi connectivity index (χ2v) is 8.93. The van der Waals surface area contributed by atoms with Gasteiger partial charge in [0.05, 0.1) is 5.69 Å². The van der Waals surface area contributed by atoms with Crippen molar-refractivity contribution < 1.29 is 0 Å². The second-order valence-electron chi connectivity index (χ2n) is 7.79. The quantitative estimate of drug-likeness (QED) is 0.800. The summed E-state index contributed by atoms with van der Waals surface area (Å²) in [6.45, 7) is 7.96. The standard InChI is InChI=1S/C22H26N2S/c1-14-4-5-17(15(2)10-14)16-11-18-19-13-23-7-6-20(19)24-8-3-9-25-21(12-16)22(18)24/h4-5,10-12,19-20,23H,3,6-9,13H2,1-2H3/t19-,20-/m1/s1. The Bertz CT molecular complexity index is 829. The van der Waals surface area contributed by atoms with Crippen LogP contribution in [0.3, 0.4) is 0 Å². The monoisotopic (exact) mass is 350 g/mol. The van der Waals surface area contributed by atoms with Gasteiger partial charge in [-0.15, -0.1) is 11.8 Å². The van der Waals surface area contributed by atoms with E-state index in [9.17, 15) is 0 Å². The number of aryl methyl sites for hydroxylation is 2. The Hall–Kier alpha value is -1.45. The van der Waals surface area contributed by atoms with E-state index in [1.807, 2.05) is 0 Å². The van der Waals surface area contributed by atoms with E-state index in [2.05, 4.69) is 66.2 Å². The van der Waals surface area contributed by atoms with Gasteiger partial charge < -0.3 is 10.2 Å². The number of nitrogens with zero attached hydrogens (tertiary/aromatic N) is 1. The Kier molecular flexibility index (Phi) is 3.83. The van der Waals surface area contributed by atoms with E-state index >= 15 is 0 Å². The lowest BCUT2D eigenvalue weighted by atomic mass is 9.88. The smallest absolute Gasteiger partial charge is 0.0544 e. The van der Waals surface area contributed by atoms with Gasteiger partial charge in [0.1, 0.15) is 0 Å². The van der Waals surface area contributed by atoms with Crippen LogP contribution in [0.5, 0.6) is 0 Å². The summed E-state index contributed by atoms with van der Waals surface area (Å²) in [6.07, 6.45) is 2.58. The zero-order chi connectivity index (χ0) is 17.0. The van der Waals surface area contributed by atoms with Crippen molar-refractivity contribution in [1.29, 1.82) is 0 Å². The SMILES string of the molecule is Cc1ccc(-c2cc3c4c(c2)[C@H]2CNCC[C@H]2N4CCCS3)c(C)c1. The van der Waals surface area contributed by atoms with Crippen LogP contribution >= 0.6 is 11.8 Å². The molecule has 3 aliphatic rings. The summed E-state index contributed by atoms with van der Waals surface area (Å²) < 4.78 is 0. The van der Waals surface area contributed by atoms with Crippen LogP contribution in [0.2, 0.25) is 0 Å².